The summed E-state index contributed by atoms with van der Waals surface area (Å²) in [4.78, 5) is 22.2. The first-order valence-corrected chi connectivity index (χ1v) is 7.85. The molecule has 0 atom stereocenters. The van der Waals surface area contributed by atoms with E-state index in [0.717, 1.165) is 44.1 Å². The minimum Gasteiger partial charge on any atom is -0.444 e. The first-order valence-electron chi connectivity index (χ1n) is 7.85. The topological polar surface area (TPSA) is 67.4 Å². The molecule has 1 saturated heterocycles. The lowest BCUT2D eigenvalue weighted by molar-refractivity contribution is 0.0188. The Morgan fingerprint density at radius 2 is 2.09 bits per heavy atom. The zero-order chi connectivity index (χ0) is 16.2. The fourth-order valence-corrected chi connectivity index (χ4v) is 2.45. The van der Waals surface area contributed by atoms with Gasteiger partial charge in [-0.2, -0.15) is 0 Å². The van der Waals surface area contributed by atoms with Crippen molar-refractivity contribution in [3.8, 4) is 0 Å². The minimum absolute atomic E-state index is 0.203. The van der Waals surface area contributed by atoms with E-state index >= 15 is 0 Å². The van der Waals surface area contributed by atoms with Crippen molar-refractivity contribution in [3.63, 3.8) is 0 Å². The molecule has 1 N–H and O–H groups in total. The third-order valence-corrected chi connectivity index (χ3v) is 3.61. The number of carbonyl (C=O) groups excluding carboxylic acids is 1. The summed E-state index contributed by atoms with van der Waals surface area (Å²) in [5, 5.41) is 3.35. The van der Waals surface area contributed by atoms with E-state index in [4.69, 9.17) is 4.74 Å². The summed E-state index contributed by atoms with van der Waals surface area (Å²) in [6, 6.07) is 1.88. The van der Waals surface area contributed by atoms with Gasteiger partial charge in [0.1, 0.15) is 17.2 Å². The van der Waals surface area contributed by atoms with Crippen LogP contribution in [0.3, 0.4) is 0 Å². The second-order valence-corrected chi connectivity index (χ2v) is 6.78. The maximum Gasteiger partial charge on any atom is 0.410 e. The van der Waals surface area contributed by atoms with Gasteiger partial charge in [0.15, 0.2) is 0 Å². The van der Waals surface area contributed by atoms with Crippen LogP contribution in [0.25, 0.3) is 0 Å². The Hall–Kier alpha value is -1.85. The molecular formula is C16H26N4O2. The summed E-state index contributed by atoms with van der Waals surface area (Å²) in [7, 11) is 0. The standard InChI is InChI=1S/C16H26N4O2/c1-12-17-8-5-14(19-12)18-11-13-6-9-20(10-7-13)15(21)22-16(2,3)4/h5,8,13H,6-7,9-11H2,1-4H3,(H,17,18,19). The van der Waals surface area contributed by atoms with E-state index in [9.17, 15) is 4.79 Å². The highest BCUT2D eigenvalue weighted by Crippen LogP contribution is 2.20. The molecule has 6 heteroatoms. The van der Waals surface area contributed by atoms with E-state index in [1.54, 1.807) is 11.1 Å². The lowest BCUT2D eigenvalue weighted by atomic mass is 9.97. The molecule has 1 aromatic rings. The lowest BCUT2D eigenvalue weighted by Crippen LogP contribution is -2.42. The maximum absolute atomic E-state index is 12.0. The molecule has 0 aliphatic carbocycles. The fourth-order valence-electron chi connectivity index (χ4n) is 2.45. The molecule has 0 radical (unpaired) electrons. The molecule has 1 fully saturated rings. The van der Waals surface area contributed by atoms with Gasteiger partial charge in [0.2, 0.25) is 0 Å². The van der Waals surface area contributed by atoms with Crippen molar-refractivity contribution in [1.29, 1.82) is 0 Å². The molecule has 1 aromatic heterocycles. The largest absolute Gasteiger partial charge is 0.444 e. The number of piperidine rings is 1. The molecule has 2 heterocycles. The second kappa shape index (κ2) is 6.94. The number of rotatable bonds is 3. The van der Waals surface area contributed by atoms with Crippen LogP contribution in [-0.2, 0) is 4.74 Å². The number of nitrogens with one attached hydrogen (secondary N) is 1. The predicted molar refractivity (Wildman–Crippen MR) is 85.8 cm³/mol. The quantitative estimate of drug-likeness (QED) is 0.930. The molecule has 2 rings (SSSR count). The Balaban J connectivity index is 1.74. The van der Waals surface area contributed by atoms with Crippen LogP contribution in [0, 0.1) is 12.8 Å². The van der Waals surface area contributed by atoms with E-state index in [1.165, 1.54) is 0 Å². The molecule has 1 aliphatic rings. The molecule has 1 aliphatic heterocycles. The van der Waals surface area contributed by atoms with Crippen molar-refractivity contribution in [2.75, 3.05) is 25.0 Å². The van der Waals surface area contributed by atoms with Gasteiger partial charge < -0.3 is 15.0 Å². The Morgan fingerprint density at radius 1 is 1.41 bits per heavy atom. The average molecular weight is 306 g/mol. The Labute approximate surface area is 132 Å². The molecular weight excluding hydrogens is 280 g/mol. The number of aromatic nitrogens is 2. The first kappa shape index (κ1) is 16.5. The van der Waals surface area contributed by atoms with Crippen LogP contribution >= 0.6 is 0 Å². The minimum atomic E-state index is -0.430. The molecule has 22 heavy (non-hydrogen) atoms. The van der Waals surface area contributed by atoms with Crippen LogP contribution in [0.2, 0.25) is 0 Å². The zero-order valence-electron chi connectivity index (χ0n) is 13.9. The lowest BCUT2D eigenvalue weighted by Gasteiger charge is -2.33. The van der Waals surface area contributed by atoms with E-state index in [2.05, 4.69) is 15.3 Å². The van der Waals surface area contributed by atoms with Crippen molar-refractivity contribution < 1.29 is 9.53 Å². The van der Waals surface area contributed by atoms with Crippen molar-refractivity contribution in [2.45, 2.75) is 46.1 Å². The SMILES string of the molecule is Cc1nccc(NCC2CCN(C(=O)OC(C)(C)C)CC2)n1. The molecule has 122 valence electrons. The van der Waals surface area contributed by atoms with Crippen LogP contribution in [-0.4, -0.2) is 46.2 Å². The number of hydrogen-bond acceptors (Lipinski definition) is 5. The fraction of sp³-hybridized carbons (Fsp3) is 0.688. The van der Waals surface area contributed by atoms with Crippen LogP contribution in [0.5, 0.6) is 0 Å². The van der Waals surface area contributed by atoms with Gasteiger partial charge in [-0.1, -0.05) is 0 Å². The molecule has 0 saturated carbocycles. The van der Waals surface area contributed by atoms with E-state index in [-0.39, 0.29) is 6.09 Å². The predicted octanol–water partition coefficient (Wildman–Crippen LogP) is 2.84. The third kappa shape index (κ3) is 5.16. The van der Waals surface area contributed by atoms with Crippen molar-refractivity contribution in [1.82, 2.24) is 14.9 Å². The third-order valence-electron chi connectivity index (χ3n) is 3.61. The molecule has 0 bridgehead atoms. The summed E-state index contributed by atoms with van der Waals surface area (Å²) in [6.45, 7) is 9.94. The van der Waals surface area contributed by atoms with Crippen molar-refractivity contribution in [3.05, 3.63) is 18.1 Å². The summed E-state index contributed by atoms with van der Waals surface area (Å²) in [5.74, 6) is 2.18. The van der Waals surface area contributed by atoms with E-state index in [1.807, 2.05) is 33.8 Å². The van der Waals surface area contributed by atoms with Gasteiger partial charge in [-0.05, 0) is 52.5 Å². The van der Waals surface area contributed by atoms with Crippen molar-refractivity contribution in [2.24, 2.45) is 5.92 Å². The van der Waals surface area contributed by atoms with Crippen LogP contribution in [0.15, 0.2) is 12.3 Å². The summed E-state index contributed by atoms with van der Waals surface area (Å²) in [5.41, 5.74) is -0.430. The molecule has 0 unspecified atom stereocenters. The van der Waals surface area contributed by atoms with Gasteiger partial charge in [-0.3, -0.25) is 0 Å². The van der Waals surface area contributed by atoms with Crippen LogP contribution in [0.4, 0.5) is 10.6 Å². The number of carbonyl (C=O) groups is 1. The van der Waals surface area contributed by atoms with Gasteiger partial charge in [0.05, 0.1) is 0 Å². The van der Waals surface area contributed by atoms with Gasteiger partial charge in [0.25, 0.3) is 0 Å². The van der Waals surface area contributed by atoms with Gasteiger partial charge in [-0.15, -0.1) is 0 Å². The first-order chi connectivity index (χ1) is 10.3. The number of amides is 1. The monoisotopic (exact) mass is 306 g/mol. The number of anilines is 1. The van der Waals surface area contributed by atoms with E-state index in [0.29, 0.717) is 5.92 Å². The number of nitrogens with zero attached hydrogens (tertiary/aromatic N) is 3. The highest BCUT2D eigenvalue weighted by molar-refractivity contribution is 5.68. The second-order valence-electron chi connectivity index (χ2n) is 6.78. The zero-order valence-corrected chi connectivity index (χ0v) is 13.9. The molecule has 0 aromatic carbocycles. The number of hydrogen-bond donors (Lipinski definition) is 1. The Morgan fingerprint density at radius 3 is 2.68 bits per heavy atom. The highest BCUT2D eigenvalue weighted by Gasteiger charge is 2.26. The van der Waals surface area contributed by atoms with E-state index < -0.39 is 5.60 Å². The van der Waals surface area contributed by atoms with Crippen LogP contribution in [0.1, 0.15) is 39.4 Å². The van der Waals surface area contributed by atoms with Gasteiger partial charge >= 0.3 is 6.09 Å². The Kier molecular flexibility index (Phi) is 5.21. The van der Waals surface area contributed by atoms with Gasteiger partial charge in [-0.25, -0.2) is 14.8 Å². The van der Waals surface area contributed by atoms with Crippen molar-refractivity contribution >= 4 is 11.9 Å². The number of ether oxygens (including phenoxy) is 1. The molecule has 6 nitrogen and oxygen atoms in total. The smallest absolute Gasteiger partial charge is 0.410 e. The highest BCUT2D eigenvalue weighted by atomic mass is 16.6. The van der Waals surface area contributed by atoms with Crippen LogP contribution < -0.4 is 5.32 Å². The summed E-state index contributed by atoms with van der Waals surface area (Å²) in [6.07, 6.45) is 3.52. The summed E-state index contributed by atoms with van der Waals surface area (Å²) >= 11 is 0. The Bertz CT molecular complexity index is 505. The normalized spacial score (nSPS) is 16.5. The average Bonchev–Trinajstić information content (AvgIpc) is 2.44. The molecule has 0 spiro atoms. The maximum atomic E-state index is 12.0. The summed E-state index contributed by atoms with van der Waals surface area (Å²) < 4.78 is 5.41. The number of likely N-dealkylation sites (tertiary alicyclic amines) is 1. The van der Waals surface area contributed by atoms with Gasteiger partial charge in [0, 0.05) is 25.8 Å². The molecule has 1 amide bonds. The number of aryl methyl sites for hydroxylation is 1.